The summed E-state index contributed by atoms with van der Waals surface area (Å²) < 4.78 is 22.3. The van der Waals surface area contributed by atoms with Crippen molar-refractivity contribution in [1.82, 2.24) is 0 Å². The second-order valence-electron chi connectivity index (χ2n) is 6.39. The summed E-state index contributed by atoms with van der Waals surface area (Å²) in [5, 5.41) is 20.0. The molecule has 3 atom stereocenters. The van der Waals surface area contributed by atoms with E-state index in [4.69, 9.17) is 24.7 Å². The third kappa shape index (κ3) is 1.61. The fourth-order valence-corrected chi connectivity index (χ4v) is 4.36. The van der Waals surface area contributed by atoms with Crippen LogP contribution in [0.2, 0.25) is 0 Å². The van der Waals surface area contributed by atoms with Gasteiger partial charge in [0.05, 0.1) is 39.1 Å². The van der Waals surface area contributed by atoms with Gasteiger partial charge in [-0.15, -0.1) is 0 Å². The molecular weight excluding hydrogens is 336 g/mol. The Kier molecular flexibility index (Phi) is 3.42. The summed E-state index contributed by atoms with van der Waals surface area (Å²) in [6.45, 7) is 2.96. The molecule has 8 nitrogen and oxygen atoms in total. The Morgan fingerprint density at radius 2 is 2.00 bits per heavy atom. The summed E-state index contributed by atoms with van der Waals surface area (Å²) in [5.41, 5.74) is 4.23. The van der Waals surface area contributed by atoms with E-state index in [1.54, 1.807) is 12.1 Å². The molecule has 1 aromatic rings. The fraction of sp³-hybridized carbons (Fsp3) is 0.500. The summed E-state index contributed by atoms with van der Waals surface area (Å²) >= 11 is 0. The highest BCUT2D eigenvalue weighted by Crippen LogP contribution is 2.82. The molecule has 0 unspecified atom stereocenters. The van der Waals surface area contributed by atoms with Crippen LogP contribution in [-0.4, -0.2) is 38.7 Å². The molecule has 26 heavy (non-hydrogen) atoms. The Labute approximate surface area is 150 Å². The predicted octanol–water partition coefficient (Wildman–Crippen LogP) is 1.28. The molecule has 2 heterocycles. The number of aliphatic imine (C=N–C) groups is 1. The minimum Gasteiger partial charge on any atom is -0.493 e. The zero-order chi connectivity index (χ0) is 18.6. The number of amidine groups is 1. The van der Waals surface area contributed by atoms with Crippen LogP contribution in [0.1, 0.15) is 18.4 Å². The lowest BCUT2D eigenvalue weighted by atomic mass is 9.94. The van der Waals surface area contributed by atoms with E-state index in [0.717, 1.165) is 5.56 Å². The van der Waals surface area contributed by atoms with E-state index in [1.165, 1.54) is 7.11 Å². The minimum atomic E-state index is -1.53. The van der Waals surface area contributed by atoms with Crippen molar-refractivity contribution in [3.8, 4) is 23.6 Å². The molecular formula is C18H18N4O4. The fourth-order valence-electron chi connectivity index (χ4n) is 4.36. The average Bonchev–Trinajstić information content (AvgIpc) is 2.90. The first kappa shape index (κ1) is 16.6. The topological polar surface area (TPSA) is 123 Å². The van der Waals surface area contributed by atoms with Gasteiger partial charge in [-0.3, -0.25) is 0 Å². The highest BCUT2D eigenvalue weighted by molar-refractivity contribution is 6.00. The van der Waals surface area contributed by atoms with Crippen molar-refractivity contribution in [3.63, 3.8) is 0 Å². The monoisotopic (exact) mass is 354 g/mol. The van der Waals surface area contributed by atoms with E-state index < -0.39 is 22.7 Å². The molecule has 0 aromatic heterocycles. The normalized spacial score (nSPS) is 33.1. The highest BCUT2D eigenvalue weighted by atomic mass is 16.8. The Morgan fingerprint density at radius 3 is 2.58 bits per heavy atom. The van der Waals surface area contributed by atoms with Gasteiger partial charge >= 0.3 is 0 Å². The van der Waals surface area contributed by atoms with Gasteiger partial charge in [-0.05, 0) is 24.6 Å². The SMILES string of the molecule is CCOc1ccc([C@@H]2[C@]3(C#N)C(N)=NC4(OCCO4)[C@]23C#N)cc1OC. The number of nitrogens with zero attached hydrogens (tertiary/aromatic N) is 3. The van der Waals surface area contributed by atoms with Crippen LogP contribution < -0.4 is 15.2 Å². The molecule has 0 bridgehead atoms. The maximum Gasteiger partial charge on any atom is 0.293 e. The molecule has 0 radical (unpaired) electrons. The van der Waals surface area contributed by atoms with E-state index in [1.807, 2.05) is 13.0 Å². The summed E-state index contributed by atoms with van der Waals surface area (Å²) in [7, 11) is 1.54. The van der Waals surface area contributed by atoms with E-state index in [-0.39, 0.29) is 5.84 Å². The Hall–Kier alpha value is -2.81. The van der Waals surface area contributed by atoms with Gasteiger partial charge in [0.25, 0.3) is 5.91 Å². The Balaban J connectivity index is 1.85. The molecule has 1 spiro atoms. The van der Waals surface area contributed by atoms with E-state index in [2.05, 4.69) is 17.1 Å². The van der Waals surface area contributed by atoms with E-state index in [0.29, 0.717) is 31.3 Å². The third-order valence-electron chi connectivity index (χ3n) is 5.43. The number of nitriles is 2. The van der Waals surface area contributed by atoms with Gasteiger partial charge in [-0.2, -0.15) is 10.5 Å². The van der Waals surface area contributed by atoms with E-state index >= 15 is 0 Å². The van der Waals surface area contributed by atoms with Crippen LogP contribution in [-0.2, 0) is 9.47 Å². The molecule has 3 aliphatic rings. The molecule has 2 N–H and O–H groups in total. The molecule has 2 aliphatic heterocycles. The first-order chi connectivity index (χ1) is 12.6. The molecule has 0 amide bonds. The summed E-state index contributed by atoms with van der Waals surface area (Å²) in [4.78, 5) is 4.25. The number of benzene rings is 1. The largest absolute Gasteiger partial charge is 0.493 e. The number of hydrogen-bond donors (Lipinski definition) is 1. The first-order valence-corrected chi connectivity index (χ1v) is 8.34. The summed E-state index contributed by atoms with van der Waals surface area (Å²) in [6, 6.07) is 9.82. The standard InChI is InChI=1S/C18H18N4O4/c1-3-24-12-5-4-11(8-13(12)23-2)14-16(9-19)15(21)22-18(17(14,16)10-20)25-6-7-26-18/h4-5,8,14H,3,6-7H2,1-2H3,(H2,21,22)/t14-,16-,17-/m1/s1. The molecule has 1 saturated heterocycles. The number of fused-ring (bicyclic) bond motifs is 2. The maximum absolute atomic E-state index is 10.1. The zero-order valence-electron chi connectivity index (χ0n) is 14.5. The van der Waals surface area contributed by atoms with Gasteiger partial charge in [0.15, 0.2) is 16.9 Å². The molecule has 1 aliphatic carbocycles. The van der Waals surface area contributed by atoms with Crippen molar-refractivity contribution in [2.45, 2.75) is 18.8 Å². The third-order valence-corrected chi connectivity index (χ3v) is 5.43. The van der Waals surface area contributed by atoms with Crippen molar-refractivity contribution in [2.75, 3.05) is 26.9 Å². The number of methoxy groups -OCH3 is 1. The van der Waals surface area contributed by atoms with Gasteiger partial charge in [0.2, 0.25) is 0 Å². The van der Waals surface area contributed by atoms with Crippen LogP contribution in [0.15, 0.2) is 23.2 Å². The molecule has 134 valence electrons. The lowest BCUT2D eigenvalue weighted by Gasteiger charge is -2.25. The second-order valence-corrected chi connectivity index (χ2v) is 6.39. The minimum absolute atomic E-state index is 0.0706. The average molecular weight is 354 g/mol. The Bertz CT molecular complexity index is 880. The van der Waals surface area contributed by atoms with E-state index in [9.17, 15) is 10.5 Å². The summed E-state index contributed by atoms with van der Waals surface area (Å²) in [6.07, 6.45) is 0. The number of hydrogen-bond acceptors (Lipinski definition) is 8. The molecule has 1 aromatic carbocycles. The van der Waals surface area contributed by atoms with Crippen LogP contribution in [0.4, 0.5) is 0 Å². The number of ether oxygens (including phenoxy) is 4. The smallest absolute Gasteiger partial charge is 0.293 e. The highest BCUT2D eigenvalue weighted by Gasteiger charge is 2.94. The van der Waals surface area contributed by atoms with Crippen LogP contribution in [0.25, 0.3) is 0 Å². The quantitative estimate of drug-likeness (QED) is 0.864. The van der Waals surface area contributed by atoms with Gasteiger partial charge in [-0.25, -0.2) is 4.99 Å². The predicted molar refractivity (Wildman–Crippen MR) is 89.3 cm³/mol. The van der Waals surface area contributed by atoms with Crippen molar-refractivity contribution in [3.05, 3.63) is 23.8 Å². The van der Waals surface area contributed by atoms with Gasteiger partial charge < -0.3 is 24.7 Å². The molecule has 4 rings (SSSR count). The van der Waals surface area contributed by atoms with Crippen LogP contribution in [0.5, 0.6) is 11.5 Å². The van der Waals surface area contributed by atoms with Crippen LogP contribution in [0, 0.1) is 33.5 Å². The second kappa shape index (κ2) is 5.34. The van der Waals surface area contributed by atoms with Crippen molar-refractivity contribution >= 4 is 5.84 Å². The van der Waals surface area contributed by atoms with Crippen molar-refractivity contribution < 1.29 is 18.9 Å². The molecule has 1 saturated carbocycles. The number of rotatable bonds is 4. The Morgan fingerprint density at radius 1 is 1.27 bits per heavy atom. The van der Waals surface area contributed by atoms with Gasteiger partial charge in [-0.1, -0.05) is 6.07 Å². The summed E-state index contributed by atoms with van der Waals surface area (Å²) in [5.74, 6) is -0.885. The van der Waals surface area contributed by atoms with Gasteiger partial charge in [0, 0.05) is 5.92 Å². The lowest BCUT2D eigenvalue weighted by Crippen LogP contribution is -2.38. The maximum atomic E-state index is 10.1. The van der Waals surface area contributed by atoms with Crippen molar-refractivity contribution in [1.29, 1.82) is 10.5 Å². The lowest BCUT2D eigenvalue weighted by molar-refractivity contribution is -0.184. The molecule has 2 fully saturated rings. The first-order valence-electron chi connectivity index (χ1n) is 8.34. The van der Waals surface area contributed by atoms with Crippen LogP contribution in [0.3, 0.4) is 0 Å². The number of nitrogens with two attached hydrogens (primary N) is 1. The van der Waals surface area contributed by atoms with Gasteiger partial charge in [0.1, 0.15) is 11.3 Å². The van der Waals surface area contributed by atoms with Crippen LogP contribution >= 0.6 is 0 Å². The zero-order valence-corrected chi connectivity index (χ0v) is 14.5. The van der Waals surface area contributed by atoms with Crippen molar-refractivity contribution in [2.24, 2.45) is 21.6 Å². The molecule has 8 heteroatoms.